The van der Waals surface area contributed by atoms with Crippen LogP contribution in [0.25, 0.3) is 0 Å². The molecule has 3 rings (SSSR count). The monoisotopic (exact) mass is 316 g/mol. The summed E-state index contributed by atoms with van der Waals surface area (Å²) in [6.45, 7) is 4.84. The van der Waals surface area contributed by atoms with Crippen LogP contribution in [0.2, 0.25) is 0 Å². The molecule has 2 fully saturated rings. The number of carbonyl (C=O) groups is 2. The van der Waals surface area contributed by atoms with Crippen LogP contribution in [-0.2, 0) is 14.3 Å². The predicted molar refractivity (Wildman–Crippen MR) is 86.7 cm³/mol. The molecule has 2 heterocycles. The molecule has 5 nitrogen and oxygen atoms in total. The number of hydrogen-bond acceptors (Lipinski definition) is 3. The third-order valence-corrected chi connectivity index (χ3v) is 4.84. The molecule has 2 aliphatic rings. The summed E-state index contributed by atoms with van der Waals surface area (Å²) in [4.78, 5) is 27.9. The molecule has 0 spiro atoms. The van der Waals surface area contributed by atoms with Gasteiger partial charge in [-0.2, -0.15) is 0 Å². The van der Waals surface area contributed by atoms with Crippen LogP contribution in [0.5, 0.6) is 0 Å². The van der Waals surface area contributed by atoms with E-state index in [9.17, 15) is 9.59 Å². The van der Waals surface area contributed by atoms with Gasteiger partial charge >= 0.3 is 0 Å². The van der Waals surface area contributed by atoms with E-state index in [-0.39, 0.29) is 23.8 Å². The van der Waals surface area contributed by atoms with Crippen molar-refractivity contribution in [1.82, 2.24) is 9.80 Å². The van der Waals surface area contributed by atoms with Crippen LogP contribution in [0.3, 0.4) is 0 Å². The highest BCUT2D eigenvalue weighted by Crippen LogP contribution is 2.25. The Morgan fingerprint density at radius 2 is 1.74 bits per heavy atom. The molecule has 0 N–H and O–H groups in total. The lowest BCUT2D eigenvalue weighted by Crippen LogP contribution is -2.48. The number of carbonyl (C=O) groups excluding carboxylic acids is 2. The van der Waals surface area contributed by atoms with Crippen LogP contribution in [0.1, 0.15) is 31.4 Å². The highest BCUT2D eigenvalue weighted by molar-refractivity contribution is 5.80. The van der Waals surface area contributed by atoms with Gasteiger partial charge in [-0.15, -0.1) is 0 Å². The molecule has 23 heavy (non-hydrogen) atoms. The summed E-state index contributed by atoms with van der Waals surface area (Å²) < 4.78 is 5.83. The Bertz CT molecular complexity index is 553. The van der Waals surface area contributed by atoms with Crippen LogP contribution in [0, 0.1) is 5.92 Å². The number of nitrogens with zero attached hydrogens (tertiary/aromatic N) is 2. The molecular weight excluding hydrogens is 292 g/mol. The maximum absolute atomic E-state index is 12.8. The first-order valence-electron chi connectivity index (χ1n) is 8.36. The van der Waals surface area contributed by atoms with Gasteiger partial charge in [0.25, 0.3) is 0 Å². The summed E-state index contributed by atoms with van der Waals surface area (Å²) in [6.07, 6.45) is 1.50. The van der Waals surface area contributed by atoms with Crippen molar-refractivity contribution in [3.8, 4) is 0 Å². The molecule has 0 saturated carbocycles. The maximum atomic E-state index is 12.8. The first kappa shape index (κ1) is 16.0. The topological polar surface area (TPSA) is 49.9 Å². The van der Waals surface area contributed by atoms with E-state index < -0.39 is 0 Å². The second kappa shape index (κ2) is 7.13. The van der Waals surface area contributed by atoms with Gasteiger partial charge in [0.15, 0.2) is 0 Å². The Morgan fingerprint density at radius 1 is 1.04 bits per heavy atom. The molecular formula is C18H24N2O3. The van der Waals surface area contributed by atoms with E-state index in [1.54, 1.807) is 6.92 Å². The Labute approximate surface area is 137 Å². The number of amides is 2. The van der Waals surface area contributed by atoms with Crippen molar-refractivity contribution in [2.45, 2.75) is 25.9 Å². The summed E-state index contributed by atoms with van der Waals surface area (Å²) in [6, 6.07) is 10.1. The van der Waals surface area contributed by atoms with Gasteiger partial charge in [0, 0.05) is 32.5 Å². The van der Waals surface area contributed by atoms with Gasteiger partial charge in [0.2, 0.25) is 11.8 Å². The maximum Gasteiger partial charge on any atom is 0.225 e. The van der Waals surface area contributed by atoms with E-state index in [4.69, 9.17) is 4.74 Å². The third kappa shape index (κ3) is 3.72. The first-order valence-corrected chi connectivity index (χ1v) is 8.36. The highest BCUT2D eigenvalue weighted by atomic mass is 16.5. The molecule has 2 aliphatic heterocycles. The lowest BCUT2D eigenvalue weighted by molar-refractivity contribution is -0.146. The van der Waals surface area contributed by atoms with Crippen molar-refractivity contribution in [1.29, 1.82) is 0 Å². The standard InChI is InChI=1S/C18H24N2O3/c1-14(21)19-9-7-16(8-10-19)18(22)20-11-12-23-17(13-20)15-5-3-2-4-6-15/h2-6,16-17H,7-13H2,1H3/t17-/m0/s1. The van der Waals surface area contributed by atoms with Crippen LogP contribution in [0.15, 0.2) is 30.3 Å². The van der Waals surface area contributed by atoms with Gasteiger partial charge in [-0.3, -0.25) is 9.59 Å². The van der Waals surface area contributed by atoms with Gasteiger partial charge in [0.1, 0.15) is 6.10 Å². The fraction of sp³-hybridized carbons (Fsp3) is 0.556. The van der Waals surface area contributed by atoms with E-state index in [0.29, 0.717) is 32.8 Å². The SMILES string of the molecule is CC(=O)N1CCC(C(=O)N2CCO[C@H](c3ccccc3)C2)CC1. The van der Waals surface area contributed by atoms with Crippen LogP contribution >= 0.6 is 0 Å². The molecule has 0 aromatic heterocycles. The minimum absolute atomic E-state index is 0.0359. The molecule has 124 valence electrons. The lowest BCUT2D eigenvalue weighted by Gasteiger charge is -2.37. The summed E-state index contributed by atoms with van der Waals surface area (Å²) in [7, 11) is 0. The zero-order valence-electron chi connectivity index (χ0n) is 13.6. The van der Waals surface area contributed by atoms with Gasteiger partial charge in [-0.1, -0.05) is 30.3 Å². The molecule has 2 amide bonds. The summed E-state index contributed by atoms with van der Waals surface area (Å²) in [5, 5.41) is 0. The fourth-order valence-corrected chi connectivity index (χ4v) is 3.42. The molecule has 1 aromatic rings. The van der Waals surface area contributed by atoms with Crippen LogP contribution in [-0.4, -0.2) is 54.4 Å². The normalized spacial score (nSPS) is 22.9. The van der Waals surface area contributed by atoms with Gasteiger partial charge in [-0.25, -0.2) is 0 Å². The second-order valence-electron chi connectivity index (χ2n) is 6.33. The zero-order chi connectivity index (χ0) is 16.2. The molecule has 0 radical (unpaired) electrons. The Kier molecular flexibility index (Phi) is 4.96. The Morgan fingerprint density at radius 3 is 2.39 bits per heavy atom. The number of benzene rings is 1. The fourth-order valence-electron chi connectivity index (χ4n) is 3.42. The minimum atomic E-state index is -0.0359. The number of rotatable bonds is 2. The third-order valence-electron chi connectivity index (χ3n) is 4.84. The smallest absolute Gasteiger partial charge is 0.225 e. The predicted octanol–water partition coefficient (Wildman–Crippen LogP) is 1.84. The Hall–Kier alpha value is -1.88. The molecule has 0 unspecified atom stereocenters. The highest BCUT2D eigenvalue weighted by Gasteiger charge is 2.32. The quantitative estimate of drug-likeness (QED) is 0.836. The molecule has 0 bridgehead atoms. The van der Waals surface area contributed by atoms with Crippen molar-refractivity contribution < 1.29 is 14.3 Å². The van der Waals surface area contributed by atoms with Crippen molar-refractivity contribution in [2.75, 3.05) is 32.8 Å². The average molecular weight is 316 g/mol. The molecule has 1 aromatic carbocycles. The van der Waals surface area contributed by atoms with Crippen molar-refractivity contribution in [3.05, 3.63) is 35.9 Å². The number of likely N-dealkylation sites (tertiary alicyclic amines) is 1. The second-order valence-corrected chi connectivity index (χ2v) is 6.33. The van der Waals surface area contributed by atoms with E-state index in [0.717, 1.165) is 18.4 Å². The molecule has 5 heteroatoms. The van der Waals surface area contributed by atoms with E-state index >= 15 is 0 Å². The van der Waals surface area contributed by atoms with Crippen molar-refractivity contribution in [2.24, 2.45) is 5.92 Å². The van der Waals surface area contributed by atoms with E-state index in [1.165, 1.54) is 0 Å². The largest absolute Gasteiger partial charge is 0.370 e. The van der Waals surface area contributed by atoms with Gasteiger partial charge in [-0.05, 0) is 18.4 Å². The van der Waals surface area contributed by atoms with Crippen molar-refractivity contribution >= 4 is 11.8 Å². The molecule has 0 aliphatic carbocycles. The van der Waals surface area contributed by atoms with Crippen molar-refractivity contribution in [3.63, 3.8) is 0 Å². The van der Waals surface area contributed by atoms with E-state index in [1.807, 2.05) is 40.1 Å². The van der Waals surface area contributed by atoms with Crippen LogP contribution in [0.4, 0.5) is 0 Å². The van der Waals surface area contributed by atoms with Crippen LogP contribution < -0.4 is 0 Å². The number of piperidine rings is 1. The molecule has 2 saturated heterocycles. The summed E-state index contributed by atoms with van der Waals surface area (Å²) in [5.41, 5.74) is 1.12. The number of hydrogen-bond donors (Lipinski definition) is 0. The number of morpholine rings is 1. The van der Waals surface area contributed by atoms with E-state index in [2.05, 4.69) is 0 Å². The zero-order valence-corrected chi connectivity index (χ0v) is 13.6. The Balaban J connectivity index is 1.58. The first-order chi connectivity index (χ1) is 11.1. The summed E-state index contributed by atoms with van der Waals surface area (Å²) in [5.74, 6) is 0.365. The van der Waals surface area contributed by atoms with Gasteiger partial charge in [0.05, 0.1) is 13.2 Å². The number of ether oxygens (including phenoxy) is 1. The lowest BCUT2D eigenvalue weighted by atomic mass is 9.94. The van der Waals surface area contributed by atoms with Gasteiger partial charge < -0.3 is 14.5 Å². The minimum Gasteiger partial charge on any atom is -0.370 e. The summed E-state index contributed by atoms with van der Waals surface area (Å²) >= 11 is 0. The molecule has 1 atom stereocenters. The average Bonchev–Trinajstić information content (AvgIpc) is 2.62.